The molecule has 0 spiro atoms. The van der Waals surface area contributed by atoms with Gasteiger partial charge in [-0.05, 0) is 5.56 Å². The molecule has 0 fully saturated rings. The SMILES string of the molecule is Cl.NC(N)=NCc1nc(C(=O)NCC(=O)NC(CC(=O)O)c2ccccc2)cs1. The van der Waals surface area contributed by atoms with Gasteiger partial charge in [0.05, 0.1) is 25.6 Å². The number of aliphatic carboxylic acids is 1. The van der Waals surface area contributed by atoms with Crippen molar-refractivity contribution in [1.82, 2.24) is 15.6 Å². The summed E-state index contributed by atoms with van der Waals surface area (Å²) in [6.45, 7) is -0.155. The van der Waals surface area contributed by atoms with Crippen molar-refractivity contribution >= 4 is 47.5 Å². The molecule has 1 aromatic carbocycles. The van der Waals surface area contributed by atoms with Gasteiger partial charge in [-0.2, -0.15) is 0 Å². The minimum Gasteiger partial charge on any atom is -0.481 e. The molecule has 12 heteroatoms. The molecular weight excluding hydrogens is 420 g/mol. The number of nitrogens with zero attached hydrogens (tertiary/aromatic N) is 2. The largest absolute Gasteiger partial charge is 0.481 e. The van der Waals surface area contributed by atoms with Gasteiger partial charge in [0.1, 0.15) is 10.7 Å². The molecule has 0 aliphatic carbocycles. The molecule has 0 radical (unpaired) electrons. The van der Waals surface area contributed by atoms with Gasteiger partial charge < -0.3 is 27.2 Å². The molecule has 2 rings (SSSR count). The molecule has 0 saturated heterocycles. The van der Waals surface area contributed by atoms with Crippen LogP contribution in [0.5, 0.6) is 0 Å². The van der Waals surface area contributed by atoms with Crippen LogP contribution >= 0.6 is 23.7 Å². The normalized spacial score (nSPS) is 10.9. The Morgan fingerprint density at radius 2 is 1.90 bits per heavy atom. The molecular formula is C17H21ClN6O4S. The van der Waals surface area contributed by atoms with Crippen molar-refractivity contribution in [3.63, 3.8) is 0 Å². The molecule has 1 aromatic heterocycles. The number of carbonyl (C=O) groups excluding carboxylic acids is 2. The number of aliphatic imine (C=N–C) groups is 1. The summed E-state index contributed by atoms with van der Waals surface area (Å²) in [5, 5.41) is 16.2. The predicted molar refractivity (Wildman–Crippen MR) is 111 cm³/mol. The number of hydrogen-bond acceptors (Lipinski definition) is 6. The van der Waals surface area contributed by atoms with E-state index in [-0.39, 0.29) is 43.6 Å². The van der Waals surface area contributed by atoms with E-state index in [1.807, 2.05) is 0 Å². The molecule has 29 heavy (non-hydrogen) atoms. The molecule has 7 N–H and O–H groups in total. The lowest BCUT2D eigenvalue weighted by molar-refractivity contribution is -0.137. The number of rotatable bonds is 9. The third-order valence-corrected chi connectivity index (χ3v) is 4.34. The zero-order valence-electron chi connectivity index (χ0n) is 15.2. The number of carboxylic acids is 1. The smallest absolute Gasteiger partial charge is 0.305 e. The average Bonchev–Trinajstić information content (AvgIpc) is 3.13. The van der Waals surface area contributed by atoms with Crippen LogP contribution in [0, 0.1) is 0 Å². The van der Waals surface area contributed by atoms with E-state index in [4.69, 9.17) is 16.6 Å². The predicted octanol–water partition coefficient (Wildman–Crippen LogP) is 0.400. The van der Waals surface area contributed by atoms with Crippen LogP contribution in [0.4, 0.5) is 0 Å². The number of nitrogens with two attached hydrogens (primary N) is 2. The Hall–Kier alpha value is -3.18. The Balaban J connectivity index is 0.00000420. The van der Waals surface area contributed by atoms with Gasteiger partial charge in [-0.15, -0.1) is 23.7 Å². The van der Waals surface area contributed by atoms with Crippen molar-refractivity contribution in [2.45, 2.75) is 19.0 Å². The number of carboxylic acid groups (broad SMARTS) is 1. The summed E-state index contributed by atoms with van der Waals surface area (Å²) in [6, 6.07) is 8.03. The summed E-state index contributed by atoms with van der Waals surface area (Å²) in [5.74, 6) is -2.17. The van der Waals surface area contributed by atoms with Crippen LogP contribution in [0.2, 0.25) is 0 Å². The topological polar surface area (TPSA) is 173 Å². The van der Waals surface area contributed by atoms with Crippen molar-refractivity contribution in [1.29, 1.82) is 0 Å². The van der Waals surface area contributed by atoms with Crippen LogP contribution in [-0.2, 0) is 16.1 Å². The summed E-state index contributed by atoms with van der Waals surface area (Å²) >= 11 is 1.21. The zero-order chi connectivity index (χ0) is 20.5. The molecule has 1 unspecified atom stereocenters. The molecule has 10 nitrogen and oxygen atoms in total. The van der Waals surface area contributed by atoms with Gasteiger partial charge in [0.15, 0.2) is 5.96 Å². The first-order valence-corrected chi connectivity index (χ1v) is 9.07. The fourth-order valence-electron chi connectivity index (χ4n) is 2.26. The van der Waals surface area contributed by atoms with Crippen molar-refractivity contribution in [2.24, 2.45) is 16.5 Å². The number of guanidine groups is 1. The standard InChI is InChI=1S/C17H20N6O4S.ClH/c18-17(19)21-8-14-23-12(9-28-14)16(27)20-7-13(24)22-11(6-15(25)26)10-4-2-1-3-5-10;/h1-5,9,11H,6-8H2,(H,20,27)(H,22,24)(H,25,26)(H4,18,19,21);1H. The van der Waals surface area contributed by atoms with E-state index >= 15 is 0 Å². The number of amides is 2. The molecule has 0 bridgehead atoms. The van der Waals surface area contributed by atoms with E-state index < -0.39 is 23.8 Å². The van der Waals surface area contributed by atoms with Crippen LogP contribution in [-0.4, -0.2) is 40.4 Å². The Labute approximate surface area is 176 Å². The van der Waals surface area contributed by atoms with Gasteiger partial charge >= 0.3 is 5.97 Å². The van der Waals surface area contributed by atoms with E-state index in [1.165, 1.54) is 16.7 Å². The molecule has 1 atom stereocenters. The van der Waals surface area contributed by atoms with Crippen molar-refractivity contribution < 1.29 is 19.5 Å². The lowest BCUT2D eigenvalue weighted by Gasteiger charge is -2.17. The minimum atomic E-state index is -1.05. The second-order valence-electron chi connectivity index (χ2n) is 5.68. The van der Waals surface area contributed by atoms with E-state index in [9.17, 15) is 14.4 Å². The fourth-order valence-corrected chi connectivity index (χ4v) is 2.95. The average molecular weight is 441 g/mol. The van der Waals surface area contributed by atoms with E-state index in [0.717, 1.165) is 0 Å². The van der Waals surface area contributed by atoms with Gasteiger partial charge in [0.2, 0.25) is 5.91 Å². The van der Waals surface area contributed by atoms with Crippen LogP contribution in [0.25, 0.3) is 0 Å². The van der Waals surface area contributed by atoms with E-state index in [2.05, 4.69) is 20.6 Å². The fraction of sp³-hybridized carbons (Fsp3) is 0.235. The first-order valence-electron chi connectivity index (χ1n) is 8.19. The van der Waals surface area contributed by atoms with Gasteiger partial charge in [0, 0.05) is 5.38 Å². The second kappa shape index (κ2) is 11.6. The van der Waals surface area contributed by atoms with E-state index in [0.29, 0.717) is 10.6 Å². The maximum Gasteiger partial charge on any atom is 0.305 e. The number of hydrogen-bond donors (Lipinski definition) is 5. The Kier molecular flexibility index (Phi) is 9.56. The highest BCUT2D eigenvalue weighted by Crippen LogP contribution is 2.16. The Bertz CT molecular complexity index is 870. The molecule has 1 heterocycles. The quantitative estimate of drug-likeness (QED) is 0.277. The maximum atomic E-state index is 12.1. The first kappa shape index (κ1) is 23.9. The van der Waals surface area contributed by atoms with Gasteiger partial charge in [0.25, 0.3) is 5.91 Å². The Morgan fingerprint density at radius 3 is 2.52 bits per heavy atom. The monoisotopic (exact) mass is 440 g/mol. The lowest BCUT2D eigenvalue weighted by Crippen LogP contribution is -2.39. The molecule has 156 valence electrons. The van der Waals surface area contributed by atoms with Crippen LogP contribution in [0.15, 0.2) is 40.7 Å². The third-order valence-electron chi connectivity index (χ3n) is 3.51. The molecule has 0 aliphatic heterocycles. The summed E-state index contributed by atoms with van der Waals surface area (Å²) in [5.41, 5.74) is 11.3. The lowest BCUT2D eigenvalue weighted by atomic mass is 10.0. The molecule has 0 aliphatic rings. The summed E-state index contributed by atoms with van der Waals surface area (Å²) < 4.78 is 0. The van der Waals surface area contributed by atoms with Crippen LogP contribution in [0.1, 0.15) is 33.5 Å². The molecule has 2 amide bonds. The van der Waals surface area contributed by atoms with Crippen molar-refractivity contribution in [2.75, 3.05) is 6.54 Å². The van der Waals surface area contributed by atoms with Crippen LogP contribution < -0.4 is 22.1 Å². The van der Waals surface area contributed by atoms with Gasteiger partial charge in [-0.1, -0.05) is 30.3 Å². The Morgan fingerprint density at radius 1 is 1.21 bits per heavy atom. The highest BCUT2D eigenvalue weighted by molar-refractivity contribution is 7.09. The molecule has 0 saturated carbocycles. The number of carbonyl (C=O) groups is 3. The van der Waals surface area contributed by atoms with Crippen molar-refractivity contribution in [3.05, 3.63) is 52.0 Å². The number of thiazole rings is 1. The number of aromatic nitrogens is 1. The number of halogens is 1. The second-order valence-corrected chi connectivity index (χ2v) is 6.62. The third kappa shape index (κ3) is 8.15. The minimum absolute atomic E-state index is 0. The van der Waals surface area contributed by atoms with E-state index in [1.54, 1.807) is 30.3 Å². The van der Waals surface area contributed by atoms with Gasteiger partial charge in [-0.3, -0.25) is 14.4 Å². The summed E-state index contributed by atoms with van der Waals surface area (Å²) in [6.07, 6.45) is -0.274. The number of nitrogens with one attached hydrogen (secondary N) is 2. The maximum absolute atomic E-state index is 12.1. The molecule has 2 aromatic rings. The summed E-state index contributed by atoms with van der Waals surface area (Å²) in [4.78, 5) is 43.2. The highest BCUT2D eigenvalue weighted by Gasteiger charge is 2.19. The van der Waals surface area contributed by atoms with Gasteiger partial charge in [-0.25, -0.2) is 9.98 Å². The van der Waals surface area contributed by atoms with Crippen LogP contribution in [0.3, 0.4) is 0 Å². The van der Waals surface area contributed by atoms with Crippen molar-refractivity contribution in [3.8, 4) is 0 Å². The number of benzene rings is 1. The highest BCUT2D eigenvalue weighted by atomic mass is 35.5. The zero-order valence-corrected chi connectivity index (χ0v) is 16.8. The summed E-state index contributed by atoms with van der Waals surface area (Å²) in [7, 11) is 0. The first-order chi connectivity index (χ1) is 13.3.